The van der Waals surface area contributed by atoms with Gasteiger partial charge in [0, 0.05) is 15.6 Å². The van der Waals surface area contributed by atoms with Gasteiger partial charge in [0.2, 0.25) is 0 Å². The van der Waals surface area contributed by atoms with E-state index in [4.69, 9.17) is 0 Å². The molecule has 1 aliphatic rings. The fraction of sp³-hybridized carbons (Fsp3) is 0.118. The van der Waals surface area contributed by atoms with Crippen molar-refractivity contribution in [1.82, 2.24) is 0 Å². The number of fused-ring (bicyclic) bond motifs is 1. The van der Waals surface area contributed by atoms with Crippen molar-refractivity contribution in [2.45, 2.75) is 13.8 Å². The Hall–Kier alpha value is -1.87. The lowest BCUT2D eigenvalue weighted by Crippen LogP contribution is -2.23. The third kappa shape index (κ3) is 1.81. The van der Waals surface area contributed by atoms with E-state index in [1.807, 2.05) is 44.2 Å². The standard InChI is InChI=1S/C17H14BrNO/c1-10-8-11(2)16(15(18)9-10)19-12(3)13-6-4-5-7-14(13)17(19)20/h4-9H,3H2,1-2H3. The van der Waals surface area contributed by atoms with Crippen LogP contribution in [0.5, 0.6) is 0 Å². The van der Waals surface area contributed by atoms with Crippen LogP contribution >= 0.6 is 15.9 Å². The van der Waals surface area contributed by atoms with Gasteiger partial charge in [-0.25, -0.2) is 0 Å². The Balaban J connectivity index is 2.19. The molecule has 3 rings (SSSR count). The second kappa shape index (κ2) is 4.60. The van der Waals surface area contributed by atoms with E-state index in [0.717, 1.165) is 32.5 Å². The lowest BCUT2D eigenvalue weighted by Gasteiger charge is -2.22. The number of halogens is 1. The highest BCUT2D eigenvalue weighted by molar-refractivity contribution is 9.10. The topological polar surface area (TPSA) is 20.3 Å². The van der Waals surface area contributed by atoms with Gasteiger partial charge < -0.3 is 0 Å². The maximum absolute atomic E-state index is 12.6. The number of carbonyl (C=O) groups excluding carboxylic acids is 1. The highest BCUT2D eigenvalue weighted by Crippen LogP contribution is 2.41. The Bertz CT molecular complexity index is 690. The summed E-state index contributed by atoms with van der Waals surface area (Å²) in [4.78, 5) is 14.3. The third-order valence-electron chi connectivity index (χ3n) is 3.56. The fourth-order valence-corrected chi connectivity index (χ4v) is 3.56. The van der Waals surface area contributed by atoms with Crippen LogP contribution in [0.1, 0.15) is 27.0 Å². The third-order valence-corrected chi connectivity index (χ3v) is 4.17. The maximum atomic E-state index is 12.6. The van der Waals surface area contributed by atoms with Gasteiger partial charge in [-0.05, 0) is 53.0 Å². The van der Waals surface area contributed by atoms with Crippen LogP contribution in [0.15, 0.2) is 47.4 Å². The molecule has 0 fully saturated rings. The summed E-state index contributed by atoms with van der Waals surface area (Å²) in [6.45, 7) is 8.14. The normalized spacial score (nSPS) is 13.8. The molecule has 0 atom stereocenters. The van der Waals surface area contributed by atoms with Gasteiger partial charge in [-0.15, -0.1) is 0 Å². The van der Waals surface area contributed by atoms with Gasteiger partial charge in [-0.1, -0.05) is 30.8 Å². The summed E-state index contributed by atoms with van der Waals surface area (Å²) >= 11 is 3.57. The van der Waals surface area contributed by atoms with E-state index >= 15 is 0 Å². The number of carbonyl (C=O) groups is 1. The van der Waals surface area contributed by atoms with Gasteiger partial charge in [0.15, 0.2) is 0 Å². The van der Waals surface area contributed by atoms with E-state index < -0.39 is 0 Å². The summed E-state index contributed by atoms with van der Waals surface area (Å²) in [5, 5.41) is 0. The first kappa shape index (κ1) is 13.1. The van der Waals surface area contributed by atoms with Gasteiger partial charge in [-0.2, -0.15) is 0 Å². The summed E-state index contributed by atoms with van der Waals surface area (Å²) in [7, 11) is 0. The van der Waals surface area contributed by atoms with E-state index in [1.54, 1.807) is 4.90 Å². The van der Waals surface area contributed by atoms with Crippen molar-refractivity contribution in [1.29, 1.82) is 0 Å². The fourth-order valence-electron chi connectivity index (χ4n) is 2.71. The molecule has 0 saturated heterocycles. The molecule has 1 aliphatic heterocycles. The van der Waals surface area contributed by atoms with Crippen LogP contribution in [0.25, 0.3) is 5.70 Å². The highest BCUT2D eigenvalue weighted by Gasteiger charge is 2.33. The average molecular weight is 328 g/mol. The van der Waals surface area contributed by atoms with E-state index in [1.165, 1.54) is 0 Å². The minimum absolute atomic E-state index is 0.0155. The summed E-state index contributed by atoms with van der Waals surface area (Å²) < 4.78 is 0.914. The minimum atomic E-state index is -0.0155. The number of amides is 1. The molecule has 0 radical (unpaired) electrons. The summed E-state index contributed by atoms with van der Waals surface area (Å²) in [5.41, 5.74) is 5.45. The van der Waals surface area contributed by atoms with Crippen molar-refractivity contribution in [3.8, 4) is 0 Å². The monoisotopic (exact) mass is 327 g/mol. The van der Waals surface area contributed by atoms with Gasteiger partial charge in [-0.3, -0.25) is 9.69 Å². The van der Waals surface area contributed by atoms with Crippen LogP contribution in [0, 0.1) is 13.8 Å². The lowest BCUT2D eigenvalue weighted by molar-refractivity contribution is 0.101. The number of hydrogen-bond donors (Lipinski definition) is 0. The maximum Gasteiger partial charge on any atom is 0.263 e. The number of rotatable bonds is 1. The SMILES string of the molecule is C=C1c2ccccc2C(=O)N1c1c(C)cc(C)cc1Br. The Morgan fingerprint density at radius 3 is 2.35 bits per heavy atom. The Labute approximate surface area is 126 Å². The van der Waals surface area contributed by atoms with Crippen molar-refractivity contribution in [2.24, 2.45) is 0 Å². The number of hydrogen-bond acceptors (Lipinski definition) is 1. The average Bonchev–Trinajstić information content (AvgIpc) is 2.64. The number of benzene rings is 2. The quantitative estimate of drug-likeness (QED) is 0.743. The van der Waals surface area contributed by atoms with Crippen molar-refractivity contribution in [2.75, 3.05) is 4.90 Å². The van der Waals surface area contributed by atoms with E-state index in [2.05, 4.69) is 28.6 Å². The first-order valence-corrected chi connectivity index (χ1v) is 7.19. The zero-order chi connectivity index (χ0) is 14.4. The van der Waals surface area contributed by atoms with Crippen molar-refractivity contribution in [3.63, 3.8) is 0 Å². The molecule has 1 amide bonds. The predicted octanol–water partition coefficient (Wildman–Crippen LogP) is 4.70. The number of nitrogens with zero attached hydrogens (tertiary/aromatic N) is 1. The van der Waals surface area contributed by atoms with Crippen molar-refractivity contribution >= 4 is 33.2 Å². The van der Waals surface area contributed by atoms with E-state index in [0.29, 0.717) is 5.56 Å². The number of anilines is 1. The van der Waals surface area contributed by atoms with Crippen LogP contribution in [-0.4, -0.2) is 5.91 Å². The molecule has 3 heteroatoms. The molecule has 2 aromatic rings. The van der Waals surface area contributed by atoms with Gasteiger partial charge in [0.1, 0.15) is 0 Å². The minimum Gasteiger partial charge on any atom is -0.276 e. The molecular formula is C17H14BrNO. The molecule has 20 heavy (non-hydrogen) atoms. The number of aryl methyl sites for hydroxylation is 2. The Morgan fingerprint density at radius 1 is 1.10 bits per heavy atom. The molecule has 0 saturated carbocycles. The van der Waals surface area contributed by atoms with Crippen LogP contribution in [0.2, 0.25) is 0 Å². The highest BCUT2D eigenvalue weighted by atomic mass is 79.9. The van der Waals surface area contributed by atoms with E-state index in [-0.39, 0.29) is 5.91 Å². The van der Waals surface area contributed by atoms with Crippen LogP contribution in [0.3, 0.4) is 0 Å². The first-order chi connectivity index (χ1) is 9.50. The molecule has 100 valence electrons. The second-order valence-corrected chi connectivity index (χ2v) is 5.90. The molecule has 2 aromatic carbocycles. The molecule has 1 heterocycles. The van der Waals surface area contributed by atoms with Crippen LogP contribution in [0.4, 0.5) is 5.69 Å². The van der Waals surface area contributed by atoms with E-state index in [9.17, 15) is 4.79 Å². The predicted molar refractivity (Wildman–Crippen MR) is 85.9 cm³/mol. The smallest absolute Gasteiger partial charge is 0.263 e. The van der Waals surface area contributed by atoms with Gasteiger partial charge in [0.05, 0.1) is 11.4 Å². The summed E-state index contributed by atoms with van der Waals surface area (Å²) in [6.07, 6.45) is 0. The zero-order valence-corrected chi connectivity index (χ0v) is 13.0. The molecule has 0 aliphatic carbocycles. The van der Waals surface area contributed by atoms with Crippen molar-refractivity contribution < 1.29 is 4.79 Å². The van der Waals surface area contributed by atoms with Crippen molar-refractivity contribution in [3.05, 3.63) is 69.7 Å². The Morgan fingerprint density at radius 2 is 1.75 bits per heavy atom. The molecule has 0 N–H and O–H groups in total. The largest absolute Gasteiger partial charge is 0.276 e. The molecule has 0 aromatic heterocycles. The first-order valence-electron chi connectivity index (χ1n) is 6.40. The second-order valence-electron chi connectivity index (χ2n) is 5.05. The van der Waals surface area contributed by atoms with Crippen LogP contribution < -0.4 is 4.90 Å². The lowest BCUT2D eigenvalue weighted by atomic mass is 10.1. The summed E-state index contributed by atoms with van der Waals surface area (Å²) in [5.74, 6) is -0.0155. The van der Waals surface area contributed by atoms with Crippen LogP contribution in [-0.2, 0) is 0 Å². The van der Waals surface area contributed by atoms with Gasteiger partial charge in [0.25, 0.3) is 5.91 Å². The molecule has 2 nitrogen and oxygen atoms in total. The molecular weight excluding hydrogens is 314 g/mol. The molecule has 0 unspecified atom stereocenters. The molecule has 0 spiro atoms. The zero-order valence-electron chi connectivity index (χ0n) is 11.4. The molecule has 0 bridgehead atoms. The Kier molecular flexibility index (Phi) is 3.02. The summed E-state index contributed by atoms with van der Waals surface area (Å²) in [6, 6.07) is 11.7. The van der Waals surface area contributed by atoms with Gasteiger partial charge >= 0.3 is 0 Å².